The minimum Gasteiger partial charge on any atom is -0.481 e. The van der Waals surface area contributed by atoms with Gasteiger partial charge in [0.15, 0.2) is 0 Å². The van der Waals surface area contributed by atoms with E-state index in [0.717, 1.165) is 0 Å². The van der Waals surface area contributed by atoms with Crippen LogP contribution in [0.4, 0.5) is 0 Å². The lowest BCUT2D eigenvalue weighted by Gasteiger charge is -2.11. The number of hydrogen-bond acceptors (Lipinski definition) is 5. The molecule has 0 saturated carbocycles. The van der Waals surface area contributed by atoms with E-state index in [1.165, 1.54) is 14.2 Å². The van der Waals surface area contributed by atoms with Gasteiger partial charge in [-0.2, -0.15) is 0 Å². The van der Waals surface area contributed by atoms with Crippen LogP contribution in [0, 0.1) is 5.92 Å². The number of carboxylic acids is 1. The molecule has 20 heavy (non-hydrogen) atoms. The Labute approximate surface area is 119 Å². The number of ether oxygens (including phenoxy) is 2. The molecule has 0 aromatic heterocycles. The number of rotatable bonds is 11. The Kier molecular flexibility index (Phi) is 10.4. The van der Waals surface area contributed by atoms with E-state index in [4.69, 9.17) is 5.11 Å². The highest BCUT2D eigenvalue weighted by atomic mass is 16.5. The monoisotopic (exact) mass is 288 g/mol. The van der Waals surface area contributed by atoms with E-state index in [1.54, 1.807) is 0 Å². The van der Waals surface area contributed by atoms with E-state index in [9.17, 15) is 14.4 Å². The number of unbranched alkanes of at least 4 members (excludes halogenated alkanes) is 2. The third kappa shape index (κ3) is 9.35. The molecule has 0 rings (SSSR count). The summed E-state index contributed by atoms with van der Waals surface area (Å²) in [6, 6.07) is 0. The molecule has 0 saturated heterocycles. The first-order chi connectivity index (χ1) is 9.51. The van der Waals surface area contributed by atoms with Gasteiger partial charge in [0.05, 0.1) is 20.1 Å². The van der Waals surface area contributed by atoms with E-state index in [0.29, 0.717) is 51.4 Å². The molecule has 6 nitrogen and oxygen atoms in total. The molecule has 0 aliphatic heterocycles. The summed E-state index contributed by atoms with van der Waals surface area (Å²) in [5.74, 6) is -1.77. The summed E-state index contributed by atoms with van der Waals surface area (Å²) >= 11 is 0. The summed E-state index contributed by atoms with van der Waals surface area (Å²) in [7, 11) is 2.67. The Hall–Kier alpha value is -1.59. The first-order valence-corrected chi connectivity index (χ1v) is 6.87. The topological polar surface area (TPSA) is 89.9 Å². The molecule has 0 bridgehead atoms. The van der Waals surface area contributed by atoms with Crippen LogP contribution < -0.4 is 0 Å². The van der Waals surface area contributed by atoms with Crippen LogP contribution in [-0.2, 0) is 23.9 Å². The van der Waals surface area contributed by atoms with Gasteiger partial charge in [-0.25, -0.2) is 0 Å². The predicted molar refractivity (Wildman–Crippen MR) is 72.1 cm³/mol. The van der Waals surface area contributed by atoms with Crippen LogP contribution in [0.3, 0.4) is 0 Å². The van der Waals surface area contributed by atoms with Crippen LogP contribution in [0.25, 0.3) is 0 Å². The fraction of sp³-hybridized carbons (Fsp3) is 0.786. The van der Waals surface area contributed by atoms with Gasteiger partial charge in [0.1, 0.15) is 0 Å². The Morgan fingerprint density at radius 2 is 1.25 bits per heavy atom. The van der Waals surface area contributed by atoms with Crippen LogP contribution in [0.15, 0.2) is 0 Å². The molecule has 0 aliphatic carbocycles. The van der Waals surface area contributed by atoms with Crippen molar-refractivity contribution in [2.75, 3.05) is 14.2 Å². The normalized spacial score (nSPS) is 10.3. The minimum absolute atomic E-state index is 0.269. The lowest BCUT2D eigenvalue weighted by molar-refractivity contribution is -0.142. The smallest absolute Gasteiger partial charge is 0.306 e. The number of carbonyl (C=O) groups excluding carboxylic acids is 2. The van der Waals surface area contributed by atoms with Gasteiger partial charge in [0.25, 0.3) is 0 Å². The molecule has 116 valence electrons. The van der Waals surface area contributed by atoms with Crippen molar-refractivity contribution in [1.29, 1.82) is 0 Å². The van der Waals surface area contributed by atoms with Crippen LogP contribution in [0.5, 0.6) is 0 Å². The molecule has 1 N–H and O–H groups in total. The Morgan fingerprint density at radius 3 is 1.55 bits per heavy atom. The van der Waals surface area contributed by atoms with Crippen molar-refractivity contribution in [2.24, 2.45) is 5.92 Å². The maximum Gasteiger partial charge on any atom is 0.306 e. The van der Waals surface area contributed by atoms with Crippen molar-refractivity contribution in [2.45, 2.75) is 51.4 Å². The molecule has 6 heteroatoms. The molecule has 0 heterocycles. The summed E-state index contributed by atoms with van der Waals surface area (Å²) in [6.07, 6.45) is 4.38. The molecule has 0 spiro atoms. The fourth-order valence-electron chi connectivity index (χ4n) is 1.92. The quantitative estimate of drug-likeness (QED) is 0.463. The molecule has 0 unspecified atom stereocenters. The van der Waals surface area contributed by atoms with Crippen molar-refractivity contribution in [3.05, 3.63) is 0 Å². The number of carbonyl (C=O) groups is 3. The molecule has 0 aromatic carbocycles. The summed E-state index contributed by atoms with van der Waals surface area (Å²) in [4.78, 5) is 32.9. The van der Waals surface area contributed by atoms with Gasteiger partial charge in [-0.15, -0.1) is 0 Å². The number of esters is 2. The maximum absolute atomic E-state index is 11.1. The molecule has 0 aromatic rings. The zero-order valence-electron chi connectivity index (χ0n) is 12.2. The van der Waals surface area contributed by atoms with Crippen molar-refractivity contribution in [3.8, 4) is 0 Å². The lowest BCUT2D eigenvalue weighted by atomic mass is 9.95. The Morgan fingerprint density at radius 1 is 0.850 bits per heavy atom. The first kappa shape index (κ1) is 18.4. The molecular weight excluding hydrogens is 264 g/mol. The van der Waals surface area contributed by atoms with E-state index in [2.05, 4.69) is 9.47 Å². The fourth-order valence-corrected chi connectivity index (χ4v) is 1.92. The maximum atomic E-state index is 11.1. The standard InChI is InChI=1S/C14H24O6/c1-19-12(15)9-5-3-7-11(14(17)18)8-4-6-10-13(16)20-2/h11H,3-10H2,1-2H3,(H,17,18). The van der Waals surface area contributed by atoms with Crippen molar-refractivity contribution in [1.82, 2.24) is 0 Å². The average molecular weight is 288 g/mol. The van der Waals surface area contributed by atoms with Crippen molar-refractivity contribution in [3.63, 3.8) is 0 Å². The van der Waals surface area contributed by atoms with Crippen molar-refractivity contribution < 1.29 is 29.0 Å². The number of methoxy groups -OCH3 is 2. The second-order valence-corrected chi connectivity index (χ2v) is 4.68. The van der Waals surface area contributed by atoms with E-state index >= 15 is 0 Å². The van der Waals surface area contributed by atoms with E-state index in [-0.39, 0.29) is 11.9 Å². The molecule has 0 aliphatic rings. The van der Waals surface area contributed by atoms with Crippen LogP contribution in [-0.4, -0.2) is 37.2 Å². The van der Waals surface area contributed by atoms with Gasteiger partial charge >= 0.3 is 17.9 Å². The highest BCUT2D eigenvalue weighted by Gasteiger charge is 2.17. The largest absolute Gasteiger partial charge is 0.481 e. The summed E-state index contributed by atoms with van der Waals surface area (Å²) in [6.45, 7) is 0. The van der Waals surface area contributed by atoms with E-state index < -0.39 is 11.9 Å². The van der Waals surface area contributed by atoms with Crippen LogP contribution in [0.2, 0.25) is 0 Å². The Balaban J connectivity index is 3.79. The molecule has 0 atom stereocenters. The zero-order chi connectivity index (χ0) is 15.4. The molecule has 0 fully saturated rings. The third-order valence-corrected chi connectivity index (χ3v) is 3.17. The number of carboxylic acid groups (broad SMARTS) is 1. The predicted octanol–water partition coefficient (Wildman–Crippen LogP) is 2.15. The van der Waals surface area contributed by atoms with Gasteiger partial charge in [-0.05, 0) is 25.7 Å². The second-order valence-electron chi connectivity index (χ2n) is 4.68. The van der Waals surface area contributed by atoms with Crippen LogP contribution >= 0.6 is 0 Å². The summed E-state index contributed by atoms with van der Waals surface area (Å²) in [5.41, 5.74) is 0. The van der Waals surface area contributed by atoms with Gasteiger partial charge in [-0.3, -0.25) is 14.4 Å². The van der Waals surface area contributed by atoms with Gasteiger partial charge in [-0.1, -0.05) is 12.8 Å². The minimum atomic E-state index is -0.818. The molecule has 0 radical (unpaired) electrons. The van der Waals surface area contributed by atoms with Crippen LogP contribution in [0.1, 0.15) is 51.4 Å². The highest BCUT2D eigenvalue weighted by molar-refractivity contribution is 5.70. The molecular formula is C14H24O6. The highest BCUT2D eigenvalue weighted by Crippen LogP contribution is 2.18. The SMILES string of the molecule is COC(=O)CCCCC(CCCCC(=O)OC)C(=O)O. The Bertz CT molecular complexity index is 289. The summed E-state index contributed by atoms with van der Waals surface area (Å²) in [5, 5.41) is 9.10. The van der Waals surface area contributed by atoms with Gasteiger partial charge in [0.2, 0.25) is 0 Å². The molecule has 0 amide bonds. The third-order valence-electron chi connectivity index (χ3n) is 3.17. The van der Waals surface area contributed by atoms with E-state index in [1.807, 2.05) is 0 Å². The van der Waals surface area contributed by atoms with Gasteiger partial charge in [0, 0.05) is 12.8 Å². The number of hydrogen-bond donors (Lipinski definition) is 1. The zero-order valence-corrected chi connectivity index (χ0v) is 12.2. The summed E-state index contributed by atoms with van der Waals surface area (Å²) < 4.78 is 9.04. The average Bonchev–Trinajstić information content (AvgIpc) is 2.44. The van der Waals surface area contributed by atoms with Crippen molar-refractivity contribution >= 4 is 17.9 Å². The lowest BCUT2D eigenvalue weighted by Crippen LogP contribution is -2.14. The van der Waals surface area contributed by atoms with Gasteiger partial charge < -0.3 is 14.6 Å². The first-order valence-electron chi connectivity index (χ1n) is 6.87. The second kappa shape index (κ2) is 11.3. The number of aliphatic carboxylic acids is 1.